The SMILES string of the molecule is CC(C)(C)OC(=O)N1CCC(Cn2nc3c(cc2=O)CCCC3)CC1. The third-order valence-electron chi connectivity index (χ3n) is 4.97. The molecule has 6 heteroatoms. The number of fused-ring (bicyclic) bond motifs is 1. The molecule has 1 fully saturated rings. The molecule has 1 saturated heterocycles. The van der Waals surface area contributed by atoms with E-state index in [-0.39, 0.29) is 11.7 Å². The first-order valence-corrected chi connectivity index (χ1v) is 9.40. The lowest BCUT2D eigenvalue weighted by molar-refractivity contribution is 0.0176. The predicted octanol–water partition coefficient (Wildman–Crippen LogP) is 2.77. The van der Waals surface area contributed by atoms with Crippen LogP contribution in [0.1, 0.15) is 57.7 Å². The van der Waals surface area contributed by atoms with Gasteiger partial charge >= 0.3 is 6.09 Å². The maximum atomic E-state index is 12.3. The Kier molecular flexibility index (Phi) is 5.16. The largest absolute Gasteiger partial charge is 0.444 e. The van der Waals surface area contributed by atoms with Gasteiger partial charge in [0.05, 0.1) is 5.69 Å². The Bertz CT molecular complexity index is 682. The van der Waals surface area contributed by atoms with Crippen molar-refractivity contribution < 1.29 is 9.53 Å². The van der Waals surface area contributed by atoms with Gasteiger partial charge in [0.15, 0.2) is 0 Å². The van der Waals surface area contributed by atoms with E-state index in [0.29, 0.717) is 25.6 Å². The minimum Gasteiger partial charge on any atom is -0.444 e. The Balaban J connectivity index is 1.58. The van der Waals surface area contributed by atoms with Crippen LogP contribution in [-0.4, -0.2) is 39.5 Å². The Labute approximate surface area is 149 Å². The summed E-state index contributed by atoms with van der Waals surface area (Å²) < 4.78 is 7.07. The summed E-state index contributed by atoms with van der Waals surface area (Å²) in [4.78, 5) is 26.2. The number of carbonyl (C=O) groups excluding carboxylic acids is 1. The average molecular weight is 347 g/mol. The maximum absolute atomic E-state index is 12.3. The summed E-state index contributed by atoms with van der Waals surface area (Å²) in [7, 11) is 0. The molecule has 2 aliphatic rings. The van der Waals surface area contributed by atoms with Crippen LogP contribution in [0.4, 0.5) is 4.79 Å². The Morgan fingerprint density at radius 3 is 2.60 bits per heavy atom. The van der Waals surface area contributed by atoms with Gasteiger partial charge in [-0.25, -0.2) is 9.48 Å². The van der Waals surface area contributed by atoms with Crippen LogP contribution in [-0.2, 0) is 24.1 Å². The average Bonchev–Trinajstić information content (AvgIpc) is 2.54. The van der Waals surface area contributed by atoms with Crippen LogP contribution in [0.25, 0.3) is 0 Å². The maximum Gasteiger partial charge on any atom is 0.410 e. The zero-order chi connectivity index (χ0) is 18.0. The van der Waals surface area contributed by atoms with Gasteiger partial charge in [-0.2, -0.15) is 5.10 Å². The highest BCUT2D eigenvalue weighted by atomic mass is 16.6. The summed E-state index contributed by atoms with van der Waals surface area (Å²) in [6.07, 6.45) is 5.79. The first kappa shape index (κ1) is 18.0. The molecule has 0 spiro atoms. The van der Waals surface area contributed by atoms with Crippen LogP contribution in [0.2, 0.25) is 0 Å². The van der Waals surface area contributed by atoms with E-state index in [1.807, 2.05) is 20.8 Å². The zero-order valence-corrected chi connectivity index (χ0v) is 15.6. The monoisotopic (exact) mass is 347 g/mol. The molecule has 0 saturated carbocycles. The molecule has 6 nitrogen and oxygen atoms in total. The van der Waals surface area contributed by atoms with Gasteiger partial charge in [-0.15, -0.1) is 0 Å². The minimum atomic E-state index is -0.464. The fraction of sp³-hybridized carbons (Fsp3) is 0.737. The van der Waals surface area contributed by atoms with Gasteiger partial charge in [0.25, 0.3) is 5.56 Å². The van der Waals surface area contributed by atoms with Gasteiger partial charge in [0, 0.05) is 25.7 Å². The van der Waals surface area contributed by atoms with Crippen LogP contribution in [0.5, 0.6) is 0 Å². The van der Waals surface area contributed by atoms with Gasteiger partial charge in [-0.05, 0) is 70.8 Å². The fourth-order valence-electron chi connectivity index (χ4n) is 3.60. The van der Waals surface area contributed by atoms with Crippen molar-refractivity contribution in [2.75, 3.05) is 13.1 Å². The molecule has 0 radical (unpaired) electrons. The molecule has 25 heavy (non-hydrogen) atoms. The number of carbonyl (C=O) groups is 1. The standard InChI is InChI=1S/C19H29N3O3/c1-19(2,3)25-18(24)21-10-8-14(9-11-21)13-22-17(23)12-15-6-4-5-7-16(15)20-22/h12,14H,4-11,13H2,1-3H3. The van der Waals surface area contributed by atoms with Crippen molar-refractivity contribution >= 4 is 6.09 Å². The molecule has 3 rings (SSSR count). The van der Waals surface area contributed by atoms with E-state index in [1.54, 1.807) is 15.6 Å². The van der Waals surface area contributed by atoms with Crippen molar-refractivity contribution in [3.63, 3.8) is 0 Å². The molecule has 1 aromatic rings. The van der Waals surface area contributed by atoms with Crippen molar-refractivity contribution in [2.45, 2.75) is 71.4 Å². The molecule has 0 bridgehead atoms. The summed E-state index contributed by atoms with van der Waals surface area (Å²) in [6.45, 7) is 7.65. The van der Waals surface area contributed by atoms with Crippen molar-refractivity contribution in [3.05, 3.63) is 27.7 Å². The number of nitrogens with zero attached hydrogens (tertiary/aromatic N) is 3. The van der Waals surface area contributed by atoms with E-state index >= 15 is 0 Å². The summed E-state index contributed by atoms with van der Waals surface area (Å²) >= 11 is 0. The van der Waals surface area contributed by atoms with Crippen LogP contribution in [0.15, 0.2) is 10.9 Å². The van der Waals surface area contributed by atoms with Crippen LogP contribution in [0.3, 0.4) is 0 Å². The van der Waals surface area contributed by atoms with Gasteiger partial charge in [-0.3, -0.25) is 4.79 Å². The smallest absolute Gasteiger partial charge is 0.410 e. The van der Waals surface area contributed by atoms with E-state index < -0.39 is 5.60 Å². The van der Waals surface area contributed by atoms with Crippen molar-refractivity contribution in [1.29, 1.82) is 0 Å². The third-order valence-corrected chi connectivity index (χ3v) is 4.97. The molecular weight excluding hydrogens is 318 g/mol. The highest BCUT2D eigenvalue weighted by Gasteiger charge is 2.27. The second kappa shape index (κ2) is 7.18. The summed E-state index contributed by atoms with van der Waals surface area (Å²) in [5.41, 5.74) is 1.77. The van der Waals surface area contributed by atoms with E-state index in [9.17, 15) is 9.59 Å². The second-order valence-corrected chi connectivity index (χ2v) is 8.25. The highest BCUT2D eigenvalue weighted by molar-refractivity contribution is 5.68. The summed E-state index contributed by atoms with van der Waals surface area (Å²) in [5.74, 6) is 0.380. The van der Waals surface area contributed by atoms with Crippen molar-refractivity contribution in [2.24, 2.45) is 5.92 Å². The first-order chi connectivity index (χ1) is 11.8. The molecule has 0 unspecified atom stereocenters. The van der Waals surface area contributed by atoms with Gasteiger partial charge in [0.2, 0.25) is 0 Å². The molecule has 0 atom stereocenters. The number of piperidine rings is 1. The zero-order valence-electron chi connectivity index (χ0n) is 15.6. The van der Waals surface area contributed by atoms with E-state index in [4.69, 9.17) is 4.74 Å². The predicted molar refractivity (Wildman–Crippen MR) is 95.7 cm³/mol. The summed E-state index contributed by atoms with van der Waals surface area (Å²) in [6, 6.07) is 1.78. The number of ether oxygens (including phenoxy) is 1. The second-order valence-electron chi connectivity index (χ2n) is 8.25. The van der Waals surface area contributed by atoms with Gasteiger partial charge < -0.3 is 9.64 Å². The molecule has 1 amide bonds. The first-order valence-electron chi connectivity index (χ1n) is 9.40. The van der Waals surface area contributed by atoms with Crippen LogP contribution in [0, 0.1) is 5.92 Å². The van der Waals surface area contributed by atoms with Crippen molar-refractivity contribution in [1.82, 2.24) is 14.7 Å². The third kappa shape index (κ3) is 4.61. The van der Waals surface area contributed by atoms with E-state index in [2.05, 4.69) is 5.10 Å². The number of rotatable bonds is 2. The number of amides is 1. The number of hydrogen-bond acceptors (Lipinski definition) is 4. The molecule has 1 aromatic heterocycles. The molecule has 0 N–H and O–H groups in total. The molecule has 2 heterocycles. The fourth-order valence-corrected chi connectivity index (χ4v) is 3.60. The Morgan fingerprint density at radius 2 is 1.92 bits per heavy atom. The number of likely N-dealkylation sites (tertiary alicyclic amines) is 1. The van der Waals surface area contributed by atoms with Gasteiger partial charge in [-0.1, -0.05) is 0 Å². The van der Waals surface area contributed by atoms with Crippen LogP contribution >= 0.6 is 0 Å². The quantitative estimate of drug-likeness (QED) is 0.825. The molecule has 1 aliphatic heterocycles. The lowest BCUT2D eigenvalue weighted by Gasteiger charge is -2.33. The summed E-state index contributed by atoms with van der Waals surface area (Å²) in [5, 5.41) is 4.61. The minimum absolute atomic E-state index is 0.00946. The Morgan fingerprint density at radius 1 is 1.24 bits per heavy atom. The molecule has 1 aliphatic carbocycles. The highest BCUT2D eigenvalue weighted by Crippen LogP contribution is 2.22. The Hall–Kier alpha value is -1.85. The topological polar surface area (TPSA) is 64.4 Å². The van der Waals surface area contributed by atoms with E-state index in [0.717, 1.165) is 49.8 Å². The number of aryl methyl sites for hydroxylation is 2. The van der Waals surface area contributed by atoms with Crippen molar-refractivity contribution in [3.8, 4) is 0 Å². The lowest BCUT2D eigenvalue weighted by atomic mass is 9.96. The lowest BCUT2D eigenvalue weighted by Crippen LogP contribution is -2.43. The molecule has 138 valence electrons. The van der Waals surface area contributed by atoms with E-state index in [1.165, 1.54) is 0 Å². The normalized spacial score (nSPS) is 18.8. The number of aromatic nitrogens is 2. The number of hydrogen-bond donors (Lipinski definition) is 0. The van der Waals surface area contributed by atoms with Gasteiger partial charge in [0.1, 0.15) is 5.60 Å². The van der Waals surface area contributed by atoms with Crippen LogP contribution < -0.4 is 5.56 Å². The molecule has 0 aromatic carbocycles. The molecular formula is C19H29N3O3.